The zero-order valence-electron chi connectivity index (χ0n) is 13.2. The van der Waals surface area contributed by atoms with Crippen LogP contribution in [0.15, 0.2) is 24.3 Å². The Labute approximate surface area is 137 Å². The number of amides is 1. The molecule has 2 heterocycles. The molecule has 1 fully saturated rings. The van der Waals surface area contributed by atoms with E-state index in [0.29, 0.717) is 18.5 Å². The van der Waals surface area contributed by atoms with E-state index < -0.39 is 0 Å². The molecule has 5 heteroatoms. The molecule has 2 aliphatic rings. The molecule has 3 rings (SSSR count). The first-order chi connectivity index (χ1) is 10.7. The highest BCUT2D eigenvalue weighted by Gasteiger charge is 2.25. The van der Waals surface area contributed by atoms with Crippen LogP contribution in [0.1, 0.15) is 18.9 Å². The van der Waals surface area contributed by atoms with E-state index in [2.05, 4.69) is 46.7 Å². The summed E-state index contributed by atoms with van der Waals surface area (Å²) in [6, 6.07) is 9.44. The van der Waals surface area contributed by atoms with Crippen LogP contribution in [0.2, 0.25) is 0 Å². The van der Waals surface area contributed by atoms with Crippen molar-refractivity contribution in [2.45, 2.75) is 31.8 Å². The number of nitrogens with one attached hydrogen (secondary N) is 2. The van der Waals surface area contributed by atoms with Gasteiger partial charge in [0.05, 0.1) is 0 Å². The number of hydrogen-bond donors (Lipinski definition) is 2. The van der Waals surface area contributed by atoms with Crippen molar-refractivity contribution < 1.29 is 4.79 Å². The van der Waals surface area contributed by atoms with Crippen molar-refractivity contribution in [1.29, 1.82) is 0 Å². The van der Waals surface area contributed by atoms with Crippen molar-refractivity contribution in [3.63, 3.8) is 0 Å². The number of carbonyl (C=O) groups is 1. The molecular weight excluding hydrogens is 294 g/mol. The minimum absolute atomic E-state index is 0.167. The number of fused-ring (bicyclic) bond motifs is 1. The summed E-state index contributed by atoms with van der Waals surface area (Å²) in [7, 11) is 0. The second kappa shape index (κ2) is 7.38. The van der Waals surface area contributed by atoms with E-state index in [-0.39, 0.29) is 5.91 Å². The molecule has 22 heavy (non-hydrogen) atoms. The lowest BCUT2D eigenvalue weighted by Crippen LogP contribution is -2.43. The summed E-state index contributed by atoms with van der Waals surface area (Å²) in [6.07, 6.45) is 1.70. The third-order valence-electron chi connectivity index (χ3n) is 4.45. The highest BCUT2D eigenvalue weighted by molar-refractivity contribution is 7.99. The third kappa shape index (κ3) is 3.76. The van der Waals surface area contributed by atoms with Crippen LogP contribution in [-0.4, -0.2) is 49.1 Å². The summed E-state index contributed by atoms with van der Waals surface area (Å²) in [6.45, 7) is 4.88. The topological polar surface area (TPSA) is 44.4 Å². The van der Waals surface area contributed by atoms with Crippen LogP contribution in [0.25, 0.3) is 0 Å². The molecule has 1 aromatic rings. The van der Waals surface area contributed by atoms with E-state index in [1.807, 2.05) is 11.8 Å². The fourth-order valence-electron chi connectivity index (χ4n) is 3.33. The number of hydrogen-bond acceptors (Lipinski definition) is 4. The van der Waals surface area contributed by atoms with Gasteiger partial charge in [0, 0.05) is 55.3 Å². The summed E-state index contributed by atoms with van der Waals surface area (Å²) in [4.78, 5) is 14.4. The van der Waals surface area contributed by atoms with Gasteiger partial charge in [-0.15, -0.1) is 0 Å². The molecule has 0 aliphatic carbocycles. The average molecular weight is 319 g/mol. The van der Waals surface area contributed by atoms with Gasteiger partial charge in [-0.2, -0.15) is 11.8 Å². The molecule has 0 radical (unpaired) electrons. The summed E-state index contributed by atoms with van der Waals surface area (Å²) in [5, 5.41) is 6.49. The number of nitrogens with zero attached hydrogens (tertiary/aromatic N) is 1. The van der Waals surface area contributed by atoms with Crippen molar-refractivity contribution in [2.75, 3.05) is 36.0 Å². The molecule has 1 amide bonds. The zero-order valence-corrected chi connectivity index (χ0v) is 14.0. The first-order valence-corrected chi connectivity index (χ1v) is 9.32. The monoisotopic (exact) mass is 319 g/mol. The van der Waals surface area contributed by atoms with Crippen molar-refractivity contribution in [1.82, 2.24) is 10.6 Å². The molecule has 0 bridgehead atoms. The van der Waals surface area contributed by atoms with Crippen LogP contribution in [-0.2, 0) is 11.2 Å². The van der Waals surface area contributed by atoms with E-state index in [1.165, 1.54) is 11.3 Å². The van der Waals surface area contributed by atoms with Crippen molar-refractivity contribution in [3.05, 3.63) is 29.8 Å². The van der Waals surface area contributed by atoms with Gasteiger partial charge in [-0.3, -0.25) is 4.79 Å². The van der Waals surface area contributed by atoms with Crippen molar-refractivity contribution in [2.24, 2.45) is 0 Å². The molecule has 4 nitrogen and oxygen atoms in total. The lowest BCUT2D eigenvalue weighted by molar-refractivity contribution is -0.121. The molecule has 120 valence electrons. The van der Waals surface area contributed by atoms with Gasteiger partial charge in [-0.25, -0.2) is 0 Å². The lowest BCUT2D eigenvalue weighted by atomic mass is 10.1. The Hall–Kier alpha value is -1.20. The molecular formula is C17H25N3OS. The van der Waals surface area contributed by atoms with Crippen LogP contribution in [0.3, 0.4) is 0 Å². The Morgan fingerprint density at radius 3 is 3.14 bits per heavy atom. The Morgan fingerprint density at radius 1 is 1.45 bits per heavy atom. The molecule has 1 aromatic carbocycles. The van der Waals surface area contributed by atoms with Crippen LogP contribution in [0.5, 0.6) is 0 Å². The first-order valence-electron chi connectivity index (χ1n) is 8.16. The van der Waals surface area contributed by atoms with Gasteiger partial charge in [-0.1, -0.05) is 18.2 Å². The average Bonchev–Trinajstić information content (AvgIpc) is 2.84. The van der Waals surface area contributed by atoms with Gasteiger partial charge >= 0.3 is 0 Å². The maximum Gasteiger partial charge on any atom is 0.221 e. The number of rotatable bonds is 5. The van der Waals surface area contributed by atoms with Gasteiger partial charge in [0.15, 0.2) is 0 Å². The molecule has 0 saturated carbocycles. The second-order valence-corrected chi connectivity index (χ2v) is 7.31. The quantitative estimate of drug-likeness (QED) is 0.866. The summed E-state index contributed by atoms with van der Waals surface area (Å²) < 4.78 is 0. The minimum Gasteiger partial charge on any atom is -0.367 e. The predicted molar refractivity (Wildman–Crippen MR) is 93.7 cm³/mol. The van der Waals surface area contributed by atoms with Gasteiger partial charge in [0.2, 0.25) is 5.91 Å². The van der Waals surface area contributed by atoms with Gasteiger partial charge < -0.3 is 15.5 Å². The van der Waals surface area contributed by atoms with E-state index in [0.717, 1.165) is 37.6 Å². The standard InChI is InChI=1S/C17H25N3OS/c1-13-10-14-4-2-3-5-16(14)20(13)8-6-19-17(21)11-15-12-22-9-7-18-15/h2-5,13,15,18H,6-12H2,1H3,(H,19,21). The largest absolute Gasteiger partial charge is 0.367 e. The maximum absolute atomic E-state index is 12.0. The van der Waals surface area contributed by atoms with E-state index in [9.17, 15) is 4.79 Å². The molecule has 2 N–H and O–H groups in total. The summed E-state index contributed by atoms with van der Waals surface area (Å²) >= 11 is 1.93. The van der Waals surface area contributed by atoms with Gasteiger partial charge in [0.1, 0.15) is 0 Å². The molecule has 1 saturated heterocycles. The zero-order chi connectivity index (χ0) is 15.4. The fraction of sp³-hybridized carbons (Fsp3) is 0.588. The van der Waals surface area contributed by atoms with E-state index in [1.54, 1.807) is 0 Å². The normalized spacial score (nSPS) is 24.1. The fourth-order valence-corrected chi connectivity index (χ4v) is 4.28. The van der Waals surface area contributed by atoms with E-state index in [4.69, 9.17) is 0 Å². The number of para-hydroxylation sites is 1. The number of thioether (sulfide) groups is 1. The Morgan fingerprint density at radius 2 is 2.32 bits per heavy atom. The Kier molecular flexibility index (Phi) is 5.26. The predicted octanol–water partition coefficient (Wildman–Crippen LogP) is 1.65. The van der Waals surface area contributed by atoms with Gasteiger partial charge in [0.25, 0.3) is 0 Å². The van der Waals surface area contributed by atoms with Crippen LogP contribution >= 0.6 is 11.8 Å². The second-order valence-electron chi connectivity index (χ2n) is 6.16. The minimum atomic E-state index is 0.167. The smallest absolute Gasteiger partial charge is 0.221 e. The molecule has 2 unspecified atom stereocenters. The highest BCUT2D eigenvalue weighted by Crippen LogP contribution is 2.31. The lowest BCUT2D eigenvalue weighted by Gasteiger charge is -2.26. The molecule has 0 spiro atoms. The molecule has 2 aliphatic heterocycles. The summed E-state index contributed by atoms with van der Waals surface area (Å²) in [5.74, 6) is 2.37. The Bertz CT molecular complexity index is 516. The Balaban J connectivity index is 1.44. The number of benzene rings is 1. The first kappa shape index (κ1) is 15.7. The van der Waals surface area contributed by atoms with Crippen LogP contribution < -0.4 is 15.5 Å². The van der Waals surface area contributed by atoms with Crippen LogP contribution in [0.4, 0.5) is 5.69 Å². The SMILES string of the molecule is CC1Cc2ccccc2N1CCNC(=O)CC1CSCCN1. The highest BCUT2D eigenvalue weighted by atomic mass is 32.2. The van der Waals surface area contributed by atoms with Crippen LogP contribution in [0, 0.1) is 0 Å². The number of anilines is 1. The maximum atomic E-state index is 12.0. The van der Waals surface area contributed by atoms with E-state index >= 15 is 0 Å². The third-order valence-corrected chi connectivity index (χ3v) is 5.58. The van der Waals surface area contributed by atoms with Crippen molar-refractivity contribution in [3.8, 4) is 0 Å². The summed E-state index contributed by atoms with van der Waals surface area (Å²) in [5.41, 5.74) is 2.75. The molecule has 0 aromatic heterocycles. The molecule has 2 atom stereocenters. The number of carbonyl (C=O) groups excluding carboxylic acids is 1. The van der Waals surface area contributed by atoms with Crippen molar-refractivity contribution >= 4 is 23.4 Å². The van der Waals surface area contributed by atoms with Gasteiger partial charge in [-0.05, 0) is 25.0 Å².